The normalized spacial score (nSPS) is 16.9. The Hall–Kier alpha value is -2.41. The summed E-state index contributed by atoms with van der Waals surface area (Å²) in [6.07, 6.45) is -0.740. The molecule has 0 N–H and O–H groups in total. The lowest BCUT2D eigenvalue weighted by Gasteiger charge is -2.33. The summed E-state index contributed by atoms with van der Waals surface area (Å²) < 4.78 is 22.3. The predicted octanol–water partition coefficient (Wildman–Crippen LogP) is 3.79. The van der Waals surface area contributed by atoms with Gasteiger partial charge in [-0.05, 0) is 37.3 Å². The van der Waals surface area contributed by atoms with Gasteiger partial charge in [0, 0.05) is 16.9 Å². The highest BCUT2D eigenvalue weighted by Crippen LogP contribution is 2.37. The summed E-state index contributed by atoms with van der Waals surface area (Å²) in [6, 6.07) is 10.4. The molecule has 2 aromatic carbocycles. The number of hydrogen-bond acceptors (Lipinski definition) is 3. The number of benzene rings is 2. The van der Waals surface area contributed by atoms with Crippen LogP contribution >= 0.6 is 15.9 Å². The fraction of sp³-hybridized carbons (Fsp3) is 0.222. The highest BCUT2D eigenvalue weighted by atomic mass is 79.9. The second-order valence-corrected chi connectivity index (χ2v) is 6.92. The summed E-state index contributed by atoms with van der Waals surface area (Å²) in [5.41, 5.74) is 2.15. The number of carbonyl (C=O) groups is 1. The second kappa shape index (κ2) is 5.84. The lowest BCUT2D eigenvalue weighted by Crippen LogP contribution is -2.44. The summed E-state index contributed by atoms with van der Waals surface area (Å²) in [6.45, 7) is 1.91. The van der Waals surface area contributed by atoms with E-state index in [-0.39, 0.29) is 18.2 Å². The van der Waals surface area contributed by atoms with Crippen molar-refractivity contribution in [3.8, 4) is 5.75 Å². The van der Waals surface area contributed by atoms with Gasteiger partial charge in [0.1, 0.15) is 0 Å². The fourth-order valence-corrected chi connectivity index (χ4v) is 3.48. The van der Waals surface area contributed by atoms with Gasteiger partial charge in [0.15, 0.2) is 17.7 Å². The van der Waals surface area contributed by atoms with E-state index in [9.17, 15) is 9.18 Å². The van der Waals surface area contributed by atoms with Crippen molar-refractivity contribution < 1.29 is 13.9 Å². The van der Waals surface area contributed by atoms with Gasteiger partial charge in [-0.2, -0.15) is 5.10 Å². The Bertz CT molecular complexity index is 1000. The maximum absolute atomic E-state index is 14.1. The van der Waals surface area contributed by atoms with Gasteiger partial charge in [0.25, 0.3) is 5.91 Å². The molecule has 0 saturated carbocycles. The van der Waals surface area contributed by atoms with Crippen LogP contribution in [0.15, 0.2) is 40.9 Å². The minimum atomic E-state index is -0.740. The van der Waals surface area contributed by atoms with E-state index in [1.807, 2.05) is 25.2 Å². The number of hydrogen-bond donors (Lipinski definition) is 0. The van der Waals surface area contributed by atoms with Crippen LogP contribution in [-0.4, -0.2) is 21.8 Å². The molecule has 1 atom stereocenters. The van der Waals surface area contributed by atoms with Crippen LogP contribution < -0.4 is 9.64 Å². The quantitative estimate of drug-likeness (QED) is 0.653. The van der Waals surface area contributed by atoms with Gasteiger partial charge in [-0.25, -0.2) is 4.39 Å². The number of anilines is 1. The highest BCUT2D eigenvalue weighted by Gasteiger charge is 2.34. The zero-order valence-electron chi connectivity index (χ0n) is 13.7. The number of aryl methyl sites for hydroxylation is 1. The van der Waals surface area contributed by atoms with Crippen LogP contribution in [0.25, 0.3) is 10.9 Å². The van der Waals surface area contributed by atoms with E-state index < -0.39 is 11.9 Å². The third-order valence-corrected chi connectivity index (χ3v) is 4.86. The summed E-state index contributed by atoms with van der Waals surface area (Å²) in [5.74, 6) is -0.566. The van der Waals surface area contributed by atoms with Gasteiger partial charge in [-0.15, -0.1) is 0 Å². The minimum Gasteiger partial charge on any atom is -0.476 e. The van der Waals surface area contributed by atoms with Gasteiger partial charge >= 0.3 is 0 Å². The molecule has 0 unspecified atom stereocenters. The van der Waals surface area contributed by atoms with Crippen molar-refractivity contribution in [2.75, 3.05) is 4.90 Å². The van der Waals surface area contributed by atoms with Crippen LogP contribution in [0.3, 0.4) is 0 Å². The Balaban J connectivity index is 1.83. The first kappa shape index (κ1) is 16.1. The largest absolute Gasteiger partial charge is 0.476 e. The summed E-state index contributed by atoms with van der Waals surface area (Å²) in [5, 5.41) is 5.44. The number of para-hydroxylation sites is 1. The smallest absolute Gasteiger partial charge is 0.268 e. The molecule has 0 saturated heterocycles. The molecule has 0 radical (unpaired) electrons. The molecule has 5 nitrogen and oxygen atoms in total. The lowest BCUT2D eigenvalue weighted by atomic mass is 10.1. The number of ether oxygens (including phenoxy) is 1. The van der Waals surface area contributed by atoms with Gasteiger partial charge < -0.3 is 4.74 Å². The number of carbonyl (C=O) groups excluding carboxylic acids is 1. The number of nitrogens with zero attached hydrogens (tertiary/aromatic N) is 3. The van der Waals surface area contributed by atoms with Crippen molar-refractivity contribution >= 4 is 38.4 Å². The van der Waals surface area contributed by atoms with Crippen LogP contribution in [0.1, 0.15) is 12.6 Å². The van der Waals surface area contributed by atoms with Gasteiger partial charge in [0.2, 0.25) is 0 Å². The topological polar surface area (TPSA) is 47.4 Å². The third kappa shape index (κ3) is 2.59. The molecule has 0 fully saturated rings. The van der Waals surface area contributed by atoms with E-state index in [0.717, 1.165) is 21.1 Å². The lowest BCUT2D eigenvalue weighted by molar-refractivity contribution is -0.125. The Morgan fingerprint density at radius 1 is 1.32 bits per heavy atom. The Morgan fingerprint density at radius 3 is 2.92 bits per heavy atom. The summed E-state index contributed by atoms with van der Waals surface area (Å²) in [7, 11) is 1.84. The highest BCUT2D eigenvalue weighted by molar-refractivity contribution is 9.10. The first-order valence-electron chi connectivity index (χ1n) is 7.83. The molecule has 1 aliphatic rings. The standard InChI is InChI=1S/C18H15BrFN3O2/c1-10-18(24)23(15-5-3-4-13(20)17(15)25-10)9-16-12-8-11(19)6-7-14(12)21-22(16)2/h3-8,10H,9H2,1-2H3/t10-/m1/s1. The number of fused-ring (bicyclic) bond motifs is 2. The average Bonchev–Trinajstić information content (AvgIpc) is 2.88. The molecule has 7 heteroatoms. The maximum atomic E-state index is 14.1. The molecule has 128 valence electrons. The summed E-state index contributed by atoms with van der Waals surface area (Å²) >= 11 is 3.47. The number of aromatic nitrogens is 2. The van der Waals surface area contributed by atoms with E-state index in [0.29, 0.717) is 5.69 Å². The molecule has 4 rings (SSSR count). The van der Waals surface area contributed by atoms with Gasteiger partial charge in [-0.1, -0.05) is 22.0 Å². The van der Waals surface area contributed by atoms with Crippen LogP contribution in [0, 0.1) is 5.82 Å². The SMILES string of the molecule is C[C@H]1Oc2c(F)cccc2N(Cc2c3cc(Br)ccc3nn2C)C1=O. The Morgan fingerprint density at radius 2 is 2.12 bits per heavy atom. The van der Waals surface area contributed by atoms with E-state index >= 15 is 0 Å². The average molecular weight is 404 g/mol. The molecule has 3 aromatic rings. The van der Waals surface area contributed by atoms with Crippen LogP contribution in [0.5, 0.6) is 5.75 Å². The zero-order valence-corrected chi connectivity index (χ0v) is 15.2. The van der Waals surface area contributed by atoms with Crippen molar-refractivity contribution in [2.45, 2.75) is 19.6 Å². The second-order valence-electron chi connectivity index (χ2n) is 6.00. The fourth-order valence-electron chi connectivity index (χ4n) is 3.12. The molecular weight excluding hydrogens is 389 g/mol. The molecule has 2 heterocycles. The first-order chi connectivity index (χ1) is 12.0. The van der Waals surface area contributed by atoms with E-state index in [4.69, 9.17) is 4.74 Å². The first-order valence-corrected chi connectivity index (χ1v) is 8.62. The minimum absolute atomic E-state index is 0.113. The van der Waals surface area contributed by atoms with Crippen molar-refractivity contribution in [3.05, 3.63) is 52.4 Å². The molecular formula is C18H15BrFN3O2. The molecule has 0 spiro atoms. The van der Waals surface area contributed by atoms with Crippen molar-refractivity contribution in [3.63, 3.8) is 0 Å². The van der Waals surface area contributed by atoms with Crippen LogP contribution in [0.4, 0.5) is 10.1 Å². The monoisotopic (exact) mass is 403 g/mol. The van der Waals surface area contributed by atoms with Crippen molar-refractivity contribution in [1.82, 2.24) is 9.78 Å². The Kier molecular flexibility index (Phi) is 3.76. The summed E-state index contributed by atoms with van der Waals surface area (Å²) in [4.78, 5) is 14.2. The van der Waals surface area contributed by atoms with Gasteiger partial charge in [-0.3, -0.25) is 14.4 Å². The zero-order chi connectivity index (χ0) is 17.7. The van der Waals surface area contributed by atoms with Crippen LogP contribution in [-0.2, 0) is 18.4 Å². The molecule has 1 aromatic heterocycles. The van der Waals surface area contributed by atoms with E-state index in [1.165, 1.54) is 6.07 Å². The van der Waals surface area contributed by atoms with Gasteiger partial charge in [0.05, 0.1) is 23.4 Å². The van der Waals surface area contributed by atoms with Crippen LogP contribution in [0.2, 0.25) is 0 Å². The maximum Gasteiger partial charge on any atom is 0.268 e. The number of rotatable bonds is 2. The van der Waals surface area contributed by atoms with E-state index in [2.05, 4.69) is 21.0 Å². The number of amides is 1. The molecule has 1 aliphatic heterocycles. The predicted molar refractivity (Wildman–Crippen MR) is 96.1 cm³/mol. The van der Waals surface area contributed by atoms with Crippen molar-refractivity contribution in [1.29, 1.82) is 0 Å². The molecule has 1 amide bonds. The van der Waals surface area contributed by atoms with E-state index in [1.54, 1.807) is 28.6 Å². The Labute approximate surface area is 152 Å². The van der Waals surface area contributed by atoms with Crippen molar-refractivity contribution in [2.24, 2.45) is 7.05 Å². The molecule has 0 aliphatic carbocycles. The molecule has 0 bridgehead atoms. The number of halogens is 2. The third-order valence-electron chi connectivity index (χ3n) is 4.37. The molecule has 25 heavy (non-hydrogen) atoms.